The van der Waals surface area contributed by atoms with Gasteiger partial charge in [0.2, 0.25) is 0 Å². The van der Waals surface area contributed by atoms with E-state index >= 15 is 0 Å². The Labute approximate surface area is 113 Å². The first-order chi connectivity index (χ1) is 8.83. The number of halogens is 1. The molecule has 106 valence electrons. The van der Waals surface area contributed by atoms with Crippen LogP contribution in [-0.2, 0) is 0 Å². The molecule has 3 nitrogen and oxygen atoms in total. The zero-order valence-corrected chi connectivity index (χ0v) is 12.0. The Morgan fingerprint density at radius 3 is 2.32 bits per heavy atom. The molecular weight excluding hydrogens is 245 g/mol. The van der Waals surface area contributed by atoms with Crippen molar-refractivity contribution in [3.8, 4) is 0 Å². The number of nitrogens with one attached hydrogen (secondary N) is 1. The van der Waals surface area contributed by atoms with Gasteiger partial charge in [0, 0.05) is 17.7 Å². The fourth-order valence-corrected chi connectivity index (χ4v) is 2.00. The number of amides is 1. The molecule has 1 aromatic rings. The fraction of sp³-hybridized carbons (Fsp3) is 0.533. The summed E-state index contributed by atoms with van der Waals surface area (Å²) in [6, 6.07) is 3.10. The first-order valence-corrected chi connectivity index (χ1v) is 6.53. The first-order valence-electron chi connectivity index (χ1n) is 6.53. The Morgan fingerprint density at radius 2 is 1.89 bits per heavy atom. The Kier molecular flexibility index (Phi) is 5.06. The van der Waals surface area contributed by atoms with E-state index in [0.29, 0.717) is 23.1 Å². The van der Waals surface area contributed by atoms with Crippen LogP contribution in [0, 0.1) is 19.7 Å². The second-order valence-corrected chi connectivity index (χ2v) is 5.27. The molecule has 0 heterocycles. The van der Waals surface area contributed by atoms with Crippen molar-refractivity contribution >= 4 is 5.91 Å². The highest BCUT2D eigenvalue weighted by Gasteiger charge is 2.24. The predicted molar refractivity (Wildman–Crippen MR) is 73.7 cm³/mol. The van der Waals surface area contributed by atoms with Gasteiger partial charge in [-0.15, -0.1) is 0 Å². The van der Waals surface area contributed by atoms with Crippen molar-refractivity contribution in [2.75, 3.05) is 6.61 Å². The van der Waals surface area contributed by atoms with Gasteiger partial charge >= 0.3 is 0 Å². The van der Waals surface area contributed by atoms with Crippen LogP contribution < -0.4 is 5.32 Å². The number of carbonyl (C=O) groups is 1. The van der Waals surface area contributed by atoms with Crippen LogP contribution in [0.5, 0.6) is 0 Å². The number of aliphatic hydroxyl groups excluding tert-OH is 1. The lowest BCUT2D eigenvalue weighted by Gasteiger charge is -2.29. The molecule has 0 radical (unpaired) electrons. The maximum Gasteiger partial charge on any atom is 0.251 e. The Morgan fingerprint density at radius 1 is 1.37 bits per heavy atom. The highest BCUT2D eigenvalue weighted by atomic mass is 19.1. The van der Waals surface area contributed by atoms with Crippen LogP contribution in [0.1, 0.15) is 48.2 Å². The van der Waals surface area contributed by atoms with E-state index in [9.17, 15) is 9.18 Å². The summed E-state index contributed by atoms with van der Waals surface area (Å²) in [5.74, 6) is -0.505. The molecule has 0 saturated heterocycles. The SMILES string of the molecule is CCC(C)(CCO)NC(=O)c1cc(C)c(F)c(C)c1. The quantitative estimate of drug-likeness (QED) is 0.861. The first kappa shape index (κ1) is 15.6. The van der Waals surface area contributed by atoms with Gasteiger partial charge < -0.3 is 10.4 Å². The second kappa shape index (κ2) is 6.15. The molecule has 0 saturated carbocycles. The lowest BCUT2D eigenvalue weighted by atomic mass is 9.94. The number of benzene rings is 1. The van der Waals surface area contributed by atoms with Crippen LogP contribution in [-0.4, -0.2) is 23.2 Å². The minimum absolute atomic E-state index is 0.0199. The van der Waals surface area contributed by atoms with Gasteiger partial charge in [0.25, 0.3) is 5.91 Å². The summed E-state index contributed by atoms with van der Waals surface area (Å²) in [5.41, 5.74) is 0.937. The van der Waals surface area contributed by atoms with E-state index in [-0.39, 0.29) is 18.3 Å². The zero-order chi connectivity index (χ0) is 14.6. The maximum atomic E-state index is 13.5. The normalized spacial score (nSPS) is 14.0. The van der Waals surface area contributed by atoms with E-state index in [0.717, 1.165) is 6.42 Å². The second-order valence-electron chi connectivity index (χ2n) is 5.27. The van der Waals surface area contributed by atoms with Gasteiger partial charge in [-0.3, -0.25) is 4.79 Å². The highest BCUT2D eigenvalue weighted by Crippen LogP contribution is 2.18. The van der Waals surface area contributed by atoms with E-state index in [1.54, 1.807) is 26.0 Å². The minimum atomic E-state index is -0.442. The molecule has 2 N–H and O–H groups in total. The summed E-state index contributed by atoms with van der Waals surface area (Å²) in [6.07, 6.45) is 1.22. The number of hydrogen-bond donors (Lipinski definition) is 2. The number of hydrogen-bond acceptors (Lipinski definition) is 2. The van der Waals surface area contributed by atoms with Crippen LogP contribution >= 0.6 is 0 Å². The third-order valence-electron chi connectivity index (χ3n) is 3.56. The van der Waals surface area contributed by atoms with Gasteiger partial charge in [-0.25, -0.2) is 4.39 Å². The van der Waals surface area contributed by atoms with Gasteiger partial charge in [-0.1, -0.05) is 6.92 Å². The average molecular weight is 267 g/mol. The number of aliphatic hydroxyl groups is 1. The van der Waals surface area contributed by atoms with Crippen LogP contribution in [0.4, 0.5) is 4.39 Å². The summed E-state index contributed by atoms with van der Waals surface area (Å²) >= 11 is 0. The maximum absolute atomic E-state index is 13.5. The molecule has 1 atom stereocenters. The topological polar surface area (TPSA) is 49.3 Å². The van der Waals surface area contributed by atoms with Crippen molar-refractivity contribution in [1.82, 2.24) is 5.32 Å². The molecule has 1 amide bonds. The lowest BCUT2D eigenvalue weighted by molar-refractivity contribution is 0.0886. The zero-order valence-electron chi connectivity index (χ0n) is 12.0. The fourth-order valence-electron chi connectivity index (χ4n) is 2.00. The molecule has 0 spiro atoms. The molecule has 0 bridgehead atoms. The molecule has 0 aliphatic rings. The van der Waals surface area contributed by atoms with Crippen molar-refractivity contribution < 1.29 is 14.3 Å². The largest absolute Gasteiger partial charge is 0.396 e. The predicted octanol–water partition coefficient (Wildman–Crippen LogP) is 2.72. The van der Waals surface area contributed by atoms with Crippen molar-refractivity contribution in [2.24, 2.45) is 0 Å². The van der Waals surface area contributed by atoms with Crippen molar-refractivity contribution in [3.63, 3.8) is 0 Å². The standard InChI is InChI=1S/C15H22FNO2/c1-5-15(4,6-7-18)17-14(19)12-8-10(2)13(16)11(3)9-12/h8-9,18H,5-7H2,1-4H3,(H,17,19). The summed E-state index contributed by atoms with van der Waals surface area (Å²) < 4.78 is 13.5. The van der Waals surface area contributed by atoms with Crippen molar-refractivity contribution in [2.45, 2.75) is 46.1 Å². The van der Waals surface area contributed by atoms with Gasteiger partial charge in [-0.2, -0.15) is 0 Å². The summed E-state index contributed by atoms with van der Waals surface area (Å²) in [6.45, 7) is 7.16. The number of rotatable bonds is 5. The minimum Gasteiger partial charge on any atom is -0.396 e. The van der Waals surface area contributed by atoms with Crippen molar-refractivity contribution in [3.05, 3.63) is 34.6 Å². The molecule has 1 rings (SSSR count). The van der Waals surface area contributed by atoms with Gasteiger partial charge in [0.1, 0.15) is 5.82 Å². The monoisotopic (exact) mass is 267 g/mol. The van der Waals surface area contributed by atoms with Gasteiger partial charge in [0.15, 0.2) is 0 Å². The molecule has 19 heavy (non-hydrogen) atoms. The molecule has 0 aliphatic carbocycles. The third-order valence-corrected chi connectivity index (χ3v) is 3.56. The van der Waals surface area contributed by atoms with Crippen molar-refractivity contribution in [1.29, 1.82) is 0 Å². The average Bonchev–Trinajstić information content (AvgIpc) is 2.35. The van der Waals surface area contributed by atoms with Gasteiger partial charge in [-0.05, 0) is 56.9 Å². The summed E-state index contributed by atoms with van der Waals surface area (Å²) in [7, 11) is 0. The number of aryl methyl sites for hydroxylation is 2. The van der Waals surface area contributed by atoms with Crippen LogP contribution in [0.2, 0.25) is 0 Å². The highest BCUT2D eigenvalue weighted by molar-refractivity contribution is 5.95. The van der Waals surface area contributed by atoms with Crippen LogP contribution in [0.15, 0.2) is 12.1 Å². The smallest absolute Gasteiger partial charge is 0.251 e. The molecule has 0 aliphatic heterocycles. The Bertz CT molecular complexity index is 450. The van der Waals surface area contributed by atoms with E-state index in [2.05, 4.69) is 5.32 Å². The van der Waals surface area contributed by atoms with E-state index in [1.165, 1.54) is 0 Å². The summed E-state index contributed by atoms with van der Waals surface area (Å²) in [4.78, 5) is 12.2. The summed E-state index contributed by atoms with van der Waals surface area (Å²) in [5, 5.41) is 12.0. The molecule has 0 fully saturated rings. The van der Waals surface area contributed by atoms with E-state index in [1.807, 2.05) is 13.8 Å². The number of carbonyl (C=O) groups excluding carboxylic acids is 1. The molecular formula is C15H22FNO2. The third kappa shape index (κ3) is 3.77. The Balaban J connectivity index is 2.95. The van der Waals surface area contributed by atoms with E-state index < -0.39 is 5.54 Å². The molecule has 1 aromatic carbocycles. The molecule has 0 aromatic heterocycles. The van der Waals surface area contributed by atoms with E-state index in [4.69, 9.17) is 5.11 Å². The molecule has 4 heteroatoms. The van der Waals surface area contributed by atoms with Crippen LogP contribution in [0.25, 0.3) is 0 Å². The lowest BCUT2D eigenvalue weighted by Crippen LogP contribution is -2.46. The van der Waals surface area contributed by atoms with Crippen LogP contribution in [0.3, 0.4) is 0 Å². The molecule has 1 unspecified atom stereocenters. The van der Waals surface area contributed by atoms with Gasteiger partial charge in [0.05, 0.1) is 0 Å². The Hall–Kier alpha value is -1.42.